The Balaban J connectivity index is 1.88. The zero-order valence-electron chi connectivity index (χ0n) is 10.9. The van der Waals surface area contributed by atoms with Gasteiger partial charge in [-0.05, 0) is 24.6 Å². The Bertz CT molecular complexity index is 598. The number of para-hydroxylation sites is 1. The van der Waals surface area contributed by atoms with Gasteiger partial charge in [-0.1, -0.05) is 18.2 Å². The van der Waals surface area contributed by atoms with E-state index in [-0.39, 0.29) is 6.04 Å². The summed E-state index contributed by atoms with van der Waals surface area (Å²) in [5.74, 6) is 1.68. The zero-order chi connectivity index (χ0) is 13.2. The van der Waals surface area contributed by atoms with Crippen molar-refractivity contribution in [3.8, 4) is 5.75 Å². The number of hydrogen-bond donors (Lipinski definition) is 2. The number of aromatic nitrogens is 1. The molecule has 19 heavy (non-hydrogen) atoms. The molecule has 0 aliphatic carbocycles. The van der Waals surface area contributed by atoms with Crippen LogP contribution in [0.2, 0.25) is 0 Å². The van der Waals surface area contributed by atoms with Crippen molar-refractivity contribution >= 4 is 11.5 Å². The van der Waals surface area contributed by atoms with Crippen molar-refractivity contribution in [3.05, 3.63) is 47.7 Å². The number of pyridine rings is 1. The van der Waals surface area contributed by atoms with Gasteiger partial charge in [0.15, 0.2) is 0 Å². The normalized spacial score (nSPS) is 17.4. The van der Waals surface area contributed by atoms with Gasteiger partial charge in [0.05, 0.1) is 18.3 Å². The number of nitrogens with two attached hydrogens (primary N) is 1. The van der Waals surface area contributed by atoms with Crippen LogP contribution in [0.5, 0.6) is 5.75 Å². The van der Waals surface area contributed by atoms with Crippen LogP contribution in [0.4, 0.5) is 11.5 Å². The van der Waals surface area contributed by atoms with Crippen molar-refractivity contribution in [1.29, 1.82) is 0 Å². The van der Waals surface area contributed by atoms with Crippen molar-refractivity contribution in [2.75, 3.05) is 17.7 Å². The van der Waals surface area contributed by atoms with E-state index in [1.165, 1.54) is 0 Å². The summed E-state index contributed by atoms with van der Waals surface area (Å²) in [4.78, 5) is 4.37. The number of nitrogens with zero attached hydrogens (tertiary/aromatic N) is 1. The first-order chi connectivity index (χ1) is 9.24. The van der Waals surface area contributed by atoms with Crippen LogP contribution < -0.4 is 15.8 Å². The molecule has 2 aromatic rings. The summed E-state index contributed by atoms with van der Waals surface area (Å²) < 4.78 is 5.65. The molecule has 1 aliphatic rings. The lowest BCUT2D eigenvalue weighted by Crippen LogP contribution is -2.21. The number of anilines is 2. The van der Waals surface area contributed by atoms with Crippen LogP contribution >= 0.6 is 0 Å². The summed E-state index contributed by atoms with van der Waals surface area (Å²) >= 11 is 0. The monoisotopic (exact) mass is 255 g/mol. The van der Waals surface area contributed by atoms with E-state index in [0.717, 1.165) is 29.1 Å². The molecule has 0 spiro atoms. The lowest BCUT2D eigenvalue weighted by atomic mass is 10.0. The average molecular weight is 255 g/mol. The van der Waals surface area contributed by atoms with E-state index in [1.807, 2.05) is 37.4 Å². The van der Waals surface area contributed by atoms with Crippen molar-refractivity contribution < 1.29 is 4.74 Å². The molecule has 1 unspecified atom stereocenters. The highest BCUT2D eigenvalue weighted by Crippen LogP contribution is 2.34. The SMILES string of the molecule is Cc1cnc(NC2CCOc3ccccc32)c(N)c1. The van der Waals surface area contributed by atoms with Crippen molar-refractivity contribution in [3.63, 3.8) is 0 Å². The lowest BCUT2D eigenvalue weighted by molar-refractivity contribution is 0.274. The van der Waals surface area contributed by atoms with E-state index in [2.05, 4.69) is 16.4 Å². The summed E-state index contributed by atoms with van der Waals surface area (Å²) in [6.07, 6.45) is 2.73. The molecule has 3 N–H and O–H groups in total. The number of benzene rings is 1. The van der Waals surface area contributed by atoms with Crippen molar-refractivity contribution in [2.45, 2.75) is 19.4 Å². The Morgan fingerprint density at radius 2 is 2.21 bits per heavy atom. The molecule has 1 atom stereocenters. The Morgan fingerprint density at radius 1 is 1.37 bits per heavy atom. The third-order valence-electron chi connectivity index (χ3n) is 3.32. The quantitative estimate of drug-likeness (QED) is 0.866. The molecule has 98 valence electrons. The summed E-state index contributed by atoms with van der Waals surface area (Å²) in [6.45, 7) is 2.69. The minimum atomic E-state index is 0.197. The number of hydrogen-bond acceptors (Lipinski definition) is 4. The molecule has 3 rings (SSSR count). The minimum absolute atomic E-state index is 0.197. The molecule has 1 aliphatic heterocycles. The molecule has 1 aromatic heterocycles. The van der Waals surface area contributed by atoms with E-state index in [4.69, 9.17) is 10.5 Å². The Hall–Kier alpha value is -2.23. The largest absolute Gasteiger partial charge is 0.493 e. The molecule has 0 radical (unpaired) electrons. The first-order valence-corrected chi connectivity index (χ1v) is 6.44. The fraction of sp³-hybridized carbons (Fsp3) is 0.267. The second-order valence-corrected chi connectivity index (χ2v) is 4.82. The van der Waals surface area contributed by atoms with Crippen LogP contribution in [0.25, 0.3) is 0 Å². The van der Waals surface area contributed by atoms with E-state index in [1.54, 1.807) is 0 Å². The molecule has 0 saturated heterocycles. The van der Waals surface area contributed by atoms with Gasteiger partial charge in [0.2, 0.25) is 0 Å². The van der Waals surface area contributed by atoms with Crippen LogP contribution in [0.3, 0.4) is 0 Å². The first-order valence-electron chi connectivity index (χ1n) is 6.44. The van der Waals surface area contributed by atoms with Crippen molar-refractivity contribution in [1.82, 2.24) is 4.98 Å². The number of ether oxygens (including phenoxy) is 1. The second-order valence-electron chi connectivity index (χ2n) is 4.82. The fourth-order valence-electron chi connectivity index (χ4n) is 2.37. The molecule has 0 saturated carbocycles. The standard InChI is InChI=1S/C15H17N3O/c1-10-8-12(16)15(17-9-10)18-13-6-7-19-14-5-3-2-4-11(13)14/h2-5,8-9,13H,6-7,16H2,1H3,(H,17,18). The van der Waals surface area contributed by atoms with Crippen LogP contribution in [0.15, 0.2) is 36.5 Å². The Morgan fingerprint density at radius 3 is 3.05 bits per heavy atom. The average Bonchev–Trinajstić information content (AvgIpc) is 2.42. The van der Waals surface area contributed by atoms with E-state index in [9.17, 15) is 0 Å². The molecule has 0 fully saturated rings. The van der Waals surface area contributed by atoms with Gasteiger partial charge in [0, 0.05) is 18.2 Å². The number of aryl methyl sites for hydroxylation is 1. The van der Waals surface area contributed by atoms with E-state index in [0.29, 0.717) is 12.3 Å². The van der Waals surface area contributed by atoms with Gasteiger partial charge in [0.25, 0.3) is 0 Å². The summed E-state index contributed by atoms with van der Waals surface area (Å²) in [5.41, 5.74) is 8.91. The second kappa shape index (κ2) is 4.80. The third kappa shape index (κ3) is 2.34. The lowest BCUT2D eigenvalue weighted by Gasteiger charge is -2.27. The highest BCUT2D eigenvalue weighted by Gasteiger charge is 2.21. The molecule has 0 amide bonds. The smallest absolute Gasteiger partial charge is 0.149 e. The highest BCUT2D eigenvalue weighted by atomic mass is 16.5. The predicted molar refractivity (Wildman–Crippen MR) is 76.3 cm³/mol. The van der Waals surface area contributed by atoms with Crippen LogP contribution in [0.1, 0.15) is 23.6 Å². The Labute approximate surface area is 112 Å². The van der Waals surface area contributed by atoms with Gasteiger partial charge >= 0.3 is 0 Å². The highest BCUT2D eigenvalue weighted by molar-refractivity contribution is 5.63. The first kappa shape index (κ1) is 11.8. The molecule has 1 aromatic carbocycles. The van der Waals surface area contributed by atoms with E-state index < -0.39 is 0 Å². The zero-order valence-corrected chi connectivity index (χ0v) is 10.9. The van der Waals surface area contributed by atoms with Gasteiger partial charge in [-0.15, -0.1) is 0 Å². The topological polar surface area (TPSA) is 60.2 Å². The van der Waals surface area contributed by atoms with Gasteiger partial charge in [-0.2, -0.15) is 0 Å². The van der Waals surface area contributed by atoms with Gasteiger partial charge in [0.1, 0.15) is 11.6 Å². The minimum Gasteiger partial charge on any atom is -0.493 e. The molecule has 4 heteroatoms. The fourth-order valence-corrected chi connectivity index (χ4v) is 2.37. The molecule has 4 nitrogen and oxygen atoms in total. The summed E-state index contributed by atoms with van der Waals surface area (Å²) in [7, 11) is 0. The maximum absolute atomic E-state index is 6.00. The van der Waals surface area contributed by atoms with Crippen LogP contribution in [0, 0.1) is 6.92 Å². The third-order valence-corrected chi connectivity index (χ3v) is 3.32. The number of nitrogens with one attached hydrogen (secondary N) is 1. The molecular weight excluding hydrogens is 238 g/mol. The Kier molecular flexibility index (Phi) is 2.99. The predicted octanol–water partition coefficient (Wildman–Crippen LogP) is 2.91. The van der Waals surface area contributed by atoms with Crippen LogP contribution in [-0.4, -0.2) is 11.6 Å². The van der Waals surface area contributed by atoms with Crippen molar-refractivity contribution in [2.24, 2.45) is 0 Å². The van der Waals surface area contributed by atoms with Gasteiger partial charge in [-0.25, -0.2) is 4.98 Å². The summed E-state index contributed by atoms with van der Waals surface area (Å²) in [6, 6.07) is 10.2. The van der Waals surface area contributed by atoms with Crippen LogP contribution in [-0.2, 0) is 0 Å². The molecule has 0 bridgehead atoms. The maximum Gasteiger partial charge on any atom is 0.149 e. The molecule has 2 heterocycles. The maximum atomic E-state index is 6.00. The number of rotatable bonds is 2. The summed E-state index contributed by atoms with van der Waals surface area (Å²) in [5, 5.41) is 3.42. The van der Waals surface area contributed by atoms with E-state index >= 15 is 0 Å². The number of nitrogen functional groups attached to an aromatic ring is 1. The van der Waals surface area contributed by atoms with Gasteiger partial charge < -0.3 is 15.8 Å². The van der Waals surface area contributed by atoms with Gasteiger partial charge in [-0.3, -0.25) is 0 Å². The number of fused-ring (bicyclic) bond motifs is 1. The molecular formula is C15H17N3O.